The van der Waals surface area contributed by atoms with Gasteiger partial charge in [0.1, 0.15) is 5.82 Å². The maximum atomic E-state index is 5.50. The van der Waals surface area contributed by atoms with Crippen LogP contribution in [0.3, 0.4) is 0 Å². The van der Waals surface area contributed by atoms with Gasteiger partial charge in [-0.05, 0) is 26.0 Å². The molecule has 0 unspecified atom stereocenters. The van der Waals surface area contributed by atoms with Crippen LogP contribution in [-0.2, 0) is 6.42 Å². The summed E-state index contributed by atoms with van der Waals surface area (Å²) in [5, 5.41) is 2.09. The van der Waals surface area contributed by atoms with Crippen molar-refractivity contribution in [2.45, 2.75) is 40.5 Å². The van der Waals surface area contributed by atoms with Crippen LogP contribution >= 0.6 is 0 Å². The summed E-state index contributed by atoms with van der Waals surface area (Å²) in [6, 6.07) is 0. The Bertz CT molecular complexity index is 427. The third-order valence-corrected chi connectivity index (χ3v) is 2.04. The van der Waals surface area contributed by atoms with Crippen molar-refractivity contribution in [2.75, 3.05) is 6.54 Å². The minimum atomic E-state index is 0.627. The van der Waals surface area contributed by atoms with Crippen LogP contribution in [0.2, 0.25) is 0 Å². The highest BCUT2D eigenvalue weighted by atomic mass is 14.9. The molecule has 0 radical (unpaired) electrons. The molecule has 0 spiro atoms. The molecule has 0 aliphatic heterocycles. The standard InChI is InChI=1S/C12H19N3.C2H6/c1-3-5-7-11-10(6-4-2)14-12(15-11)8-9-13;1-2/h3,5-7H,4,8-9,13H2,1-2H3,(H,14,15);1-2H3/b5-3-,10-6+,11-7+;. The van der Waals surface area contributed by atoms with E-state index < -0.39 is 0 Å². The zero-order chi connectivity index (χ0) is 13.1. The van der Waals surface area contributed by atoms with Crippen molar-refractivity contribution in [3.63, 3.8) is 0 Å². The van der Waals surface area contributed by atoms with E-state index in [4.69, 9.17) is 5.73 Å². The first-order chi connectivity index (χ1) is 8.31. The molecule has 0 bridgehead atoms. The van der Waals surface area contributed by atoms with E-state index in [-0.39, 0.29) is 0 Å². The molecule has 3 N–H and O–H groups in total. The summed E-state index contributed by atoms with van der Waals surface area (Å²) in [6.45, 7) is 8.73. The lowest BCUT2D eigenvalue weighted by atomic mass is 10.4. The van der Waals surface area contributed by atoms with Gasteiger partial charge >= 0.3 is 0 Å². The Hall–Kier alpha value is -1.35. The van der Waals surface area contributed by atoms with Gasteiger partial charge in [-0.15, -0.1) is 0 Å². The number of aromatic amines is 1. The Kier molecular flexibility index (Phi) is 9.06. The zero-order valence-corrected chi connectivity index (χ0v) is 11.5. The monoisotopic (exact) mass is 235 g/mol. The average Bonchev–Trinajstić information content (AvgIpc) is 2.72. The van der Waals surface area contributed by atoms with Gasteiger partial charge in [0, 0.05) is 6.42 Å². The van der Waals surface area contributed by atoms with Crippen molar-refractivity contribution in [1.82, 2.24) is 9.97 Å². The molecule has 0 amide bonds. The summed E-state index contributed by atoms with van der Waals surface area (Å²) in [5.74, 6) is 0.966. The van der Waals surface area contributed by atoms with Crippen molar-refractivity contribution < 1.29 is 0 Å². The number of hydrogen-bond donors (Lipinski definition) is 2. The maximum Gasteiger partial charge on any atom is 0.108 e. The van der Waals surface area contributed by atoms with Crippen LogP contribution in [0.4, 0.5) is 0 Å². The highest BCUT2D eigenvalue weighted by Gasteiger charge is 1.96. The van der Waals surface area contributed by atoms with Gasteiger partial charge in [0.15, 0.2) is 0 Å². The Balaban J connectivity index is 0.00000121. The molecule has 0 aliphatic carbocycles. The molecule has 0 saturated carbocycles. The van der Waals surface area contributed by atoms with E-state index in [1.807, 2.05) is 39.0 Å². The molecular formula is C14H25N3. The van der Waals surface area contributed by atoms with Gasteiger partial charge in [0.05, 0.1) is 10.7 Å². The molecule has 0 fully saturated rings. The summed E-state index contributed by atoms with van der Waals surface area (Å²) in [6.07, 6.45) is 9.95. The highest BCUT2D eigenvalue weighted by molar-refractivity contribution is 5.35. The number of nitrogens with two attached hydrogens (primary N) is 1. The molecule has 0 atom stereocenters. The van der Waals surface area contributed by atoms with E-state index in [1.165, 1.54) is 0 Å². The van der Waals surface area contributed by atoms with Crippen LogP contribution in [-0.4, -0.2) is 16.5 Å². The second kappa shape index (κ2) is 9.85. The molecule has 3 nitrogen and oxygen atoms in total. The molecule has 1 heterocycles. The zero-order valence-electron chi connectivity index (χ0n) is 11.5. The van der Waals surface area contributed by atoms with E-state index >= 15 is 0 Å². The molecular weight excluding hydrogens is 210 g/mol. The van der Waals surface area contributed by atoms with E-state index in [0.717, 1.165) is 29.4 Å². The fraction of sp³-hybridized carbons (Fsp3) is 0.500. The molecule has 1 aromatic heterocycles. The average molecular weight is 235 g/mol. The van der Waals surface area contributed by atoms with Gasteiger partial charge in [-0.3, -0.25) is 0 Å². The Morgan fingerprint density at radius 3 is 2.59 bits per heavy atom. The Morgan fingerprint density at radius 2 is 2.06 bits per heavy atom. The van der Waals surface area contributed by atoms with Crippen molar-refractivity contribution in [3.05, 3.63) is 28.7 Å². The van der Waals surface area contributed by atoms with E-state index in [9.17, 15) is 0 Å². The molecule has 96 valence electrons. The van der Waals surface area contributed by atoms with E-state index in [0.29, 0.717) is 6.54 Å². The minimum absolute atomic E-state index is 0.627. The fourth-order valence-corrected chi connectivity index (χ4v) is 1.38. The maximum absolute atomic E-state index is 5.50. The van der Waals surface area contributed by atoms with Gasteiger partial charge in [0.2, 0.25) is 0 Å². The second-order valence-electron chi connectivity index (χ2n) is 3.33. The van der Waals surface area contributed by atoms with E-state index in [1.54, 1.807) is 0 Å². The molecule has 1 aromatic rings. The highest BCUT2D eigenvalue weighted by Crippen LogP contribution is 1.82. The second-order valence-corrected chi connectivity index (χ2v) is 3.33. The summed E-state index contributed by atoms with van der Waals surface area (Å²) >= 11 is 0. The summed E-state index contributed by atoms with van der Waals surface area (Å²) in [7, 11) is 0. The normalized spacial score (nSPS) is 13.0. The largest absolute Gasteiger partial charge is 0.342 e. The number of rotatable bonds is 4. The lowest BCUT2D eigenvalue weighted by molar-refractivity contribution is 0.889. The van der Waals surface area contributed by atoms with E-state index in [2.05, 4.69) is 23.0 Å². The molecule has 0 aliphatic rings. The number of imidazole rings is 1. The molecule has 3 heteroatoms. The van der Waals surface area contributed by atoms with Gasteiger partial charge < -0.3 is 10.7 Å². The van der Waals surface area contributed by atoms with Crippen LogP contribution in [0.25, 0.3) is 12.2 Å². The molecule has 17 heavy (non-hydrogen) atoms. The van der Waals surface area contributed by atoms with Crippen molar-refractivity contribution in [2.24, 2.45) is 5.73 Å². The predicted octanol–water partition coefficient (Wildman–Crippen LogP) is 1.48. The first-order valence-electron chi connectivity index (χ1n) is 6.40. The molecule has 0 saturated heterocycles. The van der Waals surface area contributed by atoms with Gasteiger partial charge in [0.25, 0.3) is 0 Å². The number of hydrogen-bond acceptors (Lipinski definition) is 2. The topological polar surface area (TPSA) is 54.7 Å². The van der Waals surface area contributed by atoms with Crippen LogP contribution in [0.15, 0.2) is 12.2 Å². The lowest BCUT2D eigenvalue weighted by Crippen LogP contribution is -2.23. The molecule has 1 rings (SSSR count). The van der Waals surface area contributed by atoms with Crippen molar-refractivity contribution >= 4 is 12.2 Å². The Morgan fingerprint density at radius 1 is 1.35 bits per heavy atom. The van der Waals surface area contributed by atoms with Crippen LogP contribution < -0.4 is 16.4 Å². The smallest absolute Gasteiger partial charge is 0.108 e. The van der Waals surface area contributed by atoms with Gasteiger partial charge in [-0.2, -0.15) is 0 Å². The summed E-state index contributed by atoms with van der Waals surface area (Å²) < 4.78 is 0. The number of nitrogens with one attached hydrogen (secondary N) is 1. The SMILES string of the molecule is CC.C\C=C/C=c1/[nH]c(CCN)n/c1=C/CC. The van der Waals surface area contributed by atoms with Gasteiger partial charge in [-0.25, -0.2) is 4.98 Å². The van der Waals surface area contributed by atoms with Crippen LogP contribution in [0, 0.1) is 0 Å². The number of aromatic nitrogens is 2. The van der Waals surface area contributed by atoms with Gasteiger partial charge in [-0.1, -0.05) is 39.0 Å². The third kappa shape index (κ3) is 5.50. The summed E-state index contributed by atoms with van der Waals surface area (Å²) in [4.78, 5) is 7.76. The first-order valence-corrected chi connectivity index (χ1v) is 6.40. The number of allylic oxidation sites excluding steroid dienone is 2. The molecule has 0 aromatic carbocycles. The fourth-order valence-electron chi connectivity index (χ4n) is 1.38. The van der Waals surface area contributed by atoms with Crippen molar-refractivity contribution in [1.29, 1.82) is 0 Å². The first kappa shape index (κ1) is 15.7. The number of H-pyrrole nitrogens is 1. The number of nitrogens with zero attached hydrogens (tertiary/aromatic N) is 1. The van der Waals surface area contributed by atoms with Crippen LogP contribution in [0.1, 0.15) is 39.9 Å². The lowest BCUT2D eigenvalue weighted by Gasteiger charge is -1.87. The quantitative estimate of drug-likeness (QED) is 0.830. The minimum Gasteiger partial charge on any atom is -0.342 e. The predicted molar refractivity (Wildman–Crippen MR) is 76.0 cm³/mol. The summed E-state index contributed by atoms with van der Waals surface area (Å²) in [5.41, 5.74) is 5.50. The Labute approximate surface area is 104 Å². The van der Waals surface area contributed by atoms with Crippen molar-refractivity contribution in [3.8, 4) is 0 Å². The van der Waals surface area contributed by atoms with Crippen LogP contribution in [0.5, 0.6) is 0 Å². The third-order valence-electron chi connectivity index (χ3n) is 2.04.